The summed E-state index contributed by atoms with van der Waals surface area (Å²) in [6.07, 6.45) is 6.86. The molecule has 7 nitrogen and oxygen atoms in total. The molecule has 132 valence electrons. The molecule has 3 heterocycles. The van der Waals surface area contributed by atoms with Gasteiger partial charge in [-0.3, -0.25) is 9.67 Å². The fraction of sp³-hybridized carbons (Fsp3) is 0.333. The lowest BCUT2D eigenvalue weighted by atomic mass is 10.1. The van der Waals surface area contributed by atoms with Crippen LogP contribution in [0.4, 0.5) is 8.78 Å². The van der Waals surface area contributed by atoms with E-state index in [9.17, 15) is 8.78 Å². The van der Waals surface area contributed by atoms with Crippen LogP contribution in [0.25, 0.3) is 11.4 Å². The molecule has 0 aliphatic carbocycles. The number of halogens is 3. The molecule has 0 N–H and O–H groups in total. The van der Waals surface area contributed by atoms with E-state index >= 15 is 0 Å². The fourth-order valence-electron chi connectivity index (χ4n) is 2.45. The molecule has 0 saturated heterocycles. The lowest BCUT2D eigenvalue weighted by molar-refractivity contribution is -0.130. The molecular formula is C15H15BrF2N6O. The smallest absolute Gasteiger partial charge is 0.323 e. The average Bonchev–Trinajstić information content (AvgIpc) is 3.21. The first-order valence-corrected chi connectivity index (χ1v) is 8.23. The summed E-state index contributed by atoms with van der Waals surface area (Å²) in [5.41, 5.74) is 1.48. The molecule has 3 aromatic heterocycles. The second kappa shape index (κ2) is 7.79. The Morgan fingerprint density at radius 1 is 1.20 bits per heavy atom. The molecule has 1 atom stereocenters. The molecule has 0 amide bonds. The van der Waals surface area contributed by atoms with Crippen molar-refractivity contribution in [1.29, 1.82) is 0 Å². The lowest BCUT2D eigenvalue weighted by Crippen LogP contribution is -2.16. The third kappa shape index (κ3) is 4.26. The third-order valence-corrected chi connectivity index (χ3v) is 4.09. The Labute approximate surface area is 150 Å². The number of alkyl halides is 2. The van der Waals surface area contributed by atoms with Gasteiger partial charge < -0.3 is 4.74 Å². The van der Waals surface area contributed by atoms with Crippen LogP contribution in [0.2, 0.25) is 0 Å². The predicted octanol–water partition coefficient (Wildman–Crippen LogP) is 3.05. The number of aromatic nitrogens is 6. The lowest BCUT2D eigenvalue weighted by Gasteiger charge is -2.17. The summed E-state index contributed by atoms with van der Waals surface area (Å²) in [5, 5.41) is 8.38. The Balaban J connectivity index is 1.87. The average molecular weight is 413 g/mol. The van der Waals surface area contributed by atoms with Crippen LogP contribution in [0.1, 0.15) is 18.2 Å². The van der Waals surface area contributed by atoms with Crippen LogP contribution in [0.15, 0.2) is 41.5 Å². The molecule has 10 heteroatoms. The van der Waals surface area contributed by atoms with Gasteiger partial charge in [-0.05, 0) is 34.5 Å². The summed E-state index contributed by atoms with van der Waals surface area (Å²) in [4.78, 5) is 8.54. The van der Waals surface area contributed by atoms with Gasteiger partial charge in [0.05, 0.1) is 30.1 Å². The minimum atomic E-state index is -2.80. The van der Waals surface area contributed by atoms with Crippen molar-refractivity contribution < 1.29 is 13.5 Å². The quantitative estimate of drug-likeness (QED) is 0.596. The first kappa shape index (κ1) is 17.6. The highest BCUT2D eigenvalue weighted by molar-refractivity contribution is 9.10. The molecule has 3 rings (SSSR count). The minimum Gasteiger partial charge on any atom is -0.323 e. The molecule has 0 aliphatic rings. The van der Waals surface area contributed by atoms with Crippen molar-refractivity contribution in [3.05, 3.63) is 47.2 Å². The molecular weight excluding hydrogens is 398 g/mol. The summed E-state index contributed by atoms with van der Waals surface area (Å²) in [6, 6.07) is 3.32. The fourth-order valence-corrected chi connectivity index (χ4v) is 2.68. The van der Waals surface area contributed by atoms with Gasteiger partial charge >= 0.3 is 6.61 Å². The van der Waals surface area contributed by atoms with Crippen molar-refractivity contribution in [2.24, 2.45) is 7.05 Å². The summed E-state index contributed by atoms with van der Waals surface area (Å²) in [6.45, 7) is -2.91. The van der Waals surface area contributed by atoms with Crippen LogP contribution in [0.3, 0.4) is 0 Å². The van der Waals surface area contributed by atoms with Gasteiger partial charge in [0, 0.05) is 23.9 Å². The molecule has 0 radical (unpaired) electrons. The second-order valence-electron chi connectivity index (χ2n) is 5.25. The summed E-state index contributed by atoms with van der Waals surface area (Å²) < 4.78 is 33.1. The highest BCUT2D eigenvalue weighted by Gasteiger charge is 2.19. The van der Waals surface area contributed by atoms with Gasteiger partial charge in [0.1, 0.15) is 6.33 Å². The SMILES string of the molecule is Cn1ncnc1-c1cnn(C(CCOC(F)F)c2ccc(Br)cn2)c1. The van der Waals surface area contributed by atoms with Gasteiger partial charge in [-0.1, -0.05) is 0 Å². The third-order valence-electron chi connectivity index (χ3n) is 3.62. The first-order chi connectivity index (χ1) is 12.0. The van der Waals surface area contributed by atoms with E-state index in [0.717, 1.165) is 10.0 Å². The molecule has 0 fully saturated rings. The molecule has 25 heavy (non-hydrogen) atoms. The van der Waals surface area contributed by atoms with E-state index in [2.05, 4.69) is 40.8 Å². The van der Waals surface area contributed by atoms with E-state index in [0.29, 0.717) is 17.9 Å². The van der Waals surface area contributed by atoms with Gasteiger partial charge in [0.25, 0.3) is 0 Å². The minimum absolute atomic E-state index is 0.112. The van der Waals surface area contributed by atoms with Gasteiger partial charge in [-0.25, -0.2) is 9.67 Å². The summed E-state index contributed by atoms with van der Waals surface area (Å²) in [5.74, 6) is 0.664. The number of nitrogens with zero attached hydrogens (tertiary/aromatic N) is 6. The van der Waals surface area contributed by atoms with Crippen LogP contribution in [0.5, 0.6) is 0 Å². The van der Waals surface area contributed by atoms with Gasteiger partial charge in [0.15, 0.2) is 5.82 Å². The van der Waals surface area contributed by atoms with E-state index in [1.54, 1.807) is 35.0 Å². The van der Waals surface area contributed by atoms with Crippen LogP contribution in [0, 0.1) is 0 Å². The van der Waals surface area contributed by atoms with Crippen LogP contribution in [-0.4, -0.2) is 42.7 Å². The number of rotatable bonds is 7. The number of hydrogen-bond donors (Lipinski definition) is 0. The molecule has 0 spiro atoms. The van der Waals surface area contributed by atoms with E-state index in [1.807, 2.05) is 12.1 Å². The molecule has 3 aromatic rings. The van der Waals surface area contributed by atoms with Crippen molar-refractivity contribution >= 4 is 15.9 Å². The first-order valence-electron chi connectivity index (χ1n) is 7.44. The zero-order chi connectivity index (χ0) is 17.8. The van der Waals surface area contributed by atoms with Crippen LogP contribution >= 0.6 is 15.9 Å². The highest BCUT2D eigenvalue weighted by Crippen LogP contribution is 2.24. The summed E-state index contributed by atoms with van der Waals surface area (Å²) >= 11 is 3.33. The van der Waals surface area contributed by atoms with Crippen LogP contribution < -0.4 is 0 Å². The maximum absolute atomic E-state index is 12.3. The standard InChI is InChI=1S/C15H15BrF2N6O/c1-23-14(20-9-22-23)10-6-21-24(8-10)13(4-5-25-15(17)18)12-3-2-11(16)7-19-12/h2-3,6-9,13,15H,4-5H2,1H3. The second-order valence-corrected chi connectivity index (χ2v) is 6.17. The molecule has 0 aliphatic heterocycles. The van der Waals surface area contributed by atoms with E-state index in [-0.39, 0.29) is 12.6 Å². The Kier molecular flexibility index (Phi) is 5.49. The van der Waals surface area contributed by atoms with E-state index in [4.69, 9.17) is 0 Å². The Bertz CT molecular complexity index is 820. The van der Waals surface area contributed by atoms with Crippen molar-refractivity contribution in [2.45, 2.75) is 19.1 Å². The largest absolute Gasteiger partial charge is 0.345 e. The van der Waals surface area contributed by atoms with Gasteiger partial charge in [-0.2, -0.15) is 19.0 Å². The summed E-state index contributed by atoms with van der Waals surface area (Å²) in [7, 11) is 1.78. The number of pyridine rings is 1. The Hall–Kier alpha value is -2.20. The number of aryl methyl sites for hydroxylation is 1. The zero-order valence-corrected chi connectivity index (χ0v) is 14.8. The van der Waals surface area contributed by atoms with Crippen molar-refractivity contribution in [1.82, 2.24) is 29.5 Å². The Morgan fingerprint density at radius 3 is 2.68 bits per heavy atom. The maximum Gasteiger partial charge on any atom is 0.345 e. The molecule has 0 saturated carbocycles. The monoisotopic (exact) mass is 412 g/mol. The number of hydrogen-bond acceptors (Lipinski definition) is 5. The Morgan fingerprint density at radius 2 is 2.04 bits per heavy atom. The van der Waals surface area contributed by atoms with Crippen molar-refractivity contribution in [3.63, 3.8) is 0 Å². The van der Waals surface area contributed by atoms with Gasteiger partial charge in [-0.15, -0.1) is 0 Å². The van der Waals surface area contributed by atoms with Gasteiger partial charge in [0.2, 0.25) is 0 Å². The van der Waals surface area contributed by atoms with E-state index in [1.165, 1.54) is 6.33 Å². The molecule has 0 aromatic carbocycles. The van der Waals surface area contributed by atoms with Crippen molar-refractivity contribution in [3.8, 4) is 11.4 Å². The maximum atomic E-state index is 12.3. The molecule has 1 unspecified atom stereocenters. The number of ether oxygens (including phenoxy) is 1. The van der Waals surface area contributed by atoms with Crippen LogP contribution in [-0.2, 0) is 11.8 Å². The highest BCUT2D eigenvalue weighted by atomic mass is 79.9. The van der Waals surface area contributed by atoms with E-state index < -0.39 is 6.61 Å². The molecule has 0 bridgehead atoms. The van der Waals surface area contributed by atoms with Crippen molar-refractivity contribution in [2.75, 3.05) is 6.61 Å². The topological polar surface area (TPSA) is 70.7 Å². The normalized spacial score (nSPS) is 12.7. The zero-order valence-electron chi connectivity index (χ0n) is 13.3. The predicted molar refractivity (Wildman–Crippen MR) is 88.9 cm³/mol.